The highest BCUT2D eigenvalue weighted by atomic mass is 16.3. The molecule has 0 spiro atoms. The molecule has 2 saturated heterocycles. The second-order valence-corrected chi connectivity index (χ2v) is 6.70. The maximum absolute atomic E-state index is 12.4. The summed E-state index contributed by atoms with van der Waals surface area (Å²) in [5.41, 5.74) is 0.850. The molecule has 7 nitrogen and oxygen atoms in total. The number of carbonyl (C=O) groups excluding carboxylic acids is 3. The van der Waals surface area contributed by atoms with Crippen molar-refractivity contribution in [2.24, 2.45) is 5.41 Å². The highest BCUT2D eigenvalue weighted by Gasteiger charge is 2.38. The summed E-state index contributed by atoms with van der Waals surface area (Å²) < 4.78 is 0. The number of aliphatic hydroxyl groups is 1. The Balaban J connectivity index is 2.01. The van der Waals surface area contributed by atoms with Crippen molar-refractivity contribution in [3.63, 3.8) is 0 Å². The van der Waals surface area contributed by atoms with Crippen molar-refractivity contribution in [3.8, 4) is 0 Å². The summed E-state index contributed by atoms with van der Waals surface area (Å²) in [6.07, 6.45) is 4.48. The summed E-state index contributed by atoms with van der Waals surface area (Å²) in [5, 5.41) is 12.2. The van der Waals surface area contributed by atoms with E-state index in [4.69, 9.17) is 0 Å². The van der Waals surface area contributed by atoms with Crippen molar-refractivity contribution in [2.75, 3.05) is 32.8 Å². The zero-order valence-electron chi connectivity index (χ0n) is 13.8. The second kappa shape index (κ2) is 7.12. The number of rotatable bonds is 5. The molecule has 0 aromatic rings. The first-order valence-corrected chi connectivity index (χ1v) is 7.97. The average molecular weight is 323 g/mol. The van der Waals surface area contributed by atoms with Crippen LogP contribution in [0.15, 0.2) is 11.6 Å². The van der Waals surface area contributed by atoms with Crippen LogP contribution < -0.4 is 5.32 Å². The van der Waals surface area contributed by atoms with Gasteiger partial charge < -0.3 is 15.3 Å². The van der Waals surface area contributed by atoms with Crippen molar-refractivity contribution in [2.45, 2.75) is 33.1 Å². The normalized spacial score (nSPS) is 24.7. The molecule has 0 radical (unpaired) electrons. The van der Waals surface area contributed by atoms with E-state index in [1.54, 1.807) is 4.90 Å². The van der Waals surface area contributed by atoms with Crippen molar-refractivity contribution >= 4 is 17.8 Å². The fourth-order valence-electron chi connectivity index (χ4n) is 3.05. The average Bonchev–Trinajstić information content (AvgIpc) is 2.85. The fourth-order valence-corrected chi connectivity index (χ4v) is 3.05. The summed E-state index contributed by atoms with van der Waals surface area (Å²) in [5.74, 6) is -0.622. The number of piperidine rings is 1. The number of aliphatic hydroxyl groups excluding tert-OH is 1. The fraction of sp³-hybridized carbons (Fsp3) is 0.688. The third-order valence-corrected chi connectivity index (χ3v) is 4.52. The Hall–Kier alpha value is -1.89. The largest absolute Gasteiger partial charge is 0.396 e. The molecule has 2 heterocycles. The first kappa shape index (κ1) is 17.5. The molecule has 2 rings (SSSR count). The maximum Gasteiger partial charge on any atom is 0.325 e. The van der Waals surface area contributed by atoms with Crippen molar-refractivity contribution in [1.29, 1.82) is 0 Å². The number of imide groups is 1. The predicted octanol–water partition coefficient (Wildman–Crippen LogP) is 0.496. The molecule has 2 aliphatic heterocycles. The van der Waals surface area contributed by atoms with Crippen LogP contribution in [0.1, 0.15) is 33.1 Å². The van der Waals surface area contributed by atoms with Gasteiger partial charge in [-0.15, -0.1) is 0 Å². The molecule has 23 heavy (non-hydrogen) atoms. The highest BCUT2D eigenvalue weighted by molar-refractivity contribution is 6.04. The van der Waals surface area contributed by atoms with Gasteiger partial charge in [-0.2, -0.15) is 0 Å². The van der Waals surface area contributed by atoms with Gasteiger partial charge in [0.05, 0.1) is 13.2 Å². The Bertz CT molecular complexity index is 511. The van der Waals surface area contributed by atoms with E-state index in [9.17, 15) is 19.5 Å². The smallest absolute Gasteiger partial charge is 0.325 e. The van der Waals surface area contributed by atoms with Crippen LogP contribution in [0, 0.1) is 5.41 Å². The SMILES string of the molecule is CC(C)=CC[C@]1(CO)CCCN(C(=O)CN2C(=O)CNC2=O)C1. The van der Waals surface area contributed by atoms with E-state index < -0.39 is 6.03 Å². The van der Waals surface area contributed by atoms with Gasteiger partial charge in [-0.25, -0.2) is 4.79 Å². The van der Waals surface area contributed by atoms with Gasteiger partial charge in [0.15, 0.2) is 0 Å². The molecule has 0 unspecified atom stereocenters. The van der Waals surface area contributed by atoms with Gasteiger partial charge in [0.25, 0.3) is 5.91 Å². The summed E-state index contributed by atoms with van der Waals surface area (Å²) in [7, 11) is 0. The Morgan fingerprint density at radius 2 is 2.13 bits per heavy atom. The Kier molecular flexibility index (Phi) is 5.41. The third-order valence-electron chi connectivity index (χ3n) is 4.52. The number of urea groups is 1. The zero-order valence-corrected chi connectivity index (χ0v) is 13.8. The molecular weight excluding hydrogens is 298 g/mol. The predicted molar refractivity (Wildman–Crippen MR) is 84.5 cm³/mol. The van der Waals surface area contributed by atoms with Crippen molar-refractivity contribution in [3.05, 3.63) is 11.6 Å². The molecule has 0 aromatic carbocycles. The lowest BCUT2D eigenvalue weighted by Gasteiger charge is -2.41. The lowest BCUT2D eigenvalue weighted by Crippen LogP contribution is -2.51. The first-order valence-electron chi connectivity index (χ1n) is 7.97. The molecule has 1 atom stereocenters. The van der Waals surface area contributed by atoms with E-state index in [0.29, 0.717) is 13.1 Å². The molecule has 0 aliphatic carbocycles. The summed E-state index contributed by atoms with van der Waals surface area (Å²) in [4.78, 5) is 38.2. The molecule has 4 amide bonds. The standard InChI is InChI=1S/C16H25N3O4/c1-12(2)4-6-16(11-20)5-3-7-18(10-16)14(22)9-19-13(21)8-17-15(19)23/h4,20H,3,5-11H2,1-2H3,(H,17,23)/t16-/m1/s1. The minimum atomic E-state index is -0.515. The van der Waals surface area contributed by atoms with Gasteiger partial charge >= 0.3 is 6.03 Å². The van der Waals surface area contributed by atoms with Gasteiger partial charge in [-0.3, -0.25) is 14.5 Å². The molecule has 0 bridgehead atoms. The lowest BCUT2D eigenvalue weighted by molar-refractivity contribution is -0.139. The number of hydrogen-bond donors (Lipinski definition) is 2. The van der Waals surface area contributed by atoms with E-state index in [-0.39, 0.29) is 36.9 Å². The van der Waals surface area contributed by atoms with Crippen LogP contribution in [0.25, 0.3) is 0 Å². The molecule has 128 valence electrons. The van der Waals surface area contributed by atoms with E-state index in [0.717, 1.165) is 24.2 Å². The molecule has 0 aromatic heterocycles. The van der Waals surface area contributed by atoms with E-state index in [1.807, 2.05) is 13.8 Å². The number of hydrogen-bond acceptors (Lipinski definition) is 4. The lowest BCUT2D eigenvalue weighted by atomic mass is 9.77. The number of amides is 4. The van der Waals surface area contributed by atoms with Crippen LogP contribution in [0.3, 0.4) is 0 Å². The number of allylic oxidation sites excluding steroid dienone is 2. The minimum absolute atomic E-state index is 0.0176. The van der Waals surface area contributed by atoms with Crippen molar-refractivity contribution < 1.29 is 19.5 Å². The monoisotopic (exact) mass is 323 g/mol. The molecule has 0 saturated carbocycles. The van der Waals surface area contributed by atoms with E-state index in [2.05, 4.69) is 11.4 Å². The third kappa shape index (κ3) is 4.10. The Labute approximate surface area is 136 Å². The van der Waals surface area contributed by atoms with Gasteiger partial charge in [-0.05, 0) is 33.1 Å². The summed E-state index contributed by atoms with van der Waals surface area (Å²) >= 11 is 0. The first-order chi connectivity index (χ1) is 10.9. The van der Waals surface area contributed by atoms with Crippen LogP contribution >= 0.6 is 0 Å². The van der Waals surface area contributed by atoms with Crippen LogP contribution in [0.5, 0.6) is 0 Å². The summed E-state index contributed by atoms with van der Waals surface area (Å²) in [6, 6.07) is -0.515. The maximum atomic E-state index is 12.4. The van der Waals surface area contributed by atoms with Gasteiger partial charge in [0.2, 0.25) is 5.91 Å². The van der Waals surface area contributed by atoms with Gasteiger partial charge in [-0.1, -0.05) is 11.6 Å². The van der Waals surface area contributed by atoms with Crippen LogP contribution in [-0.4, -0.2) is 65.5 Å². The Morgan fingerprint density at radius 1 is 1.39 bits per heavy atom. The number of likely N-dealkylation sites (tertiary alicyclic amines) is 1. The molecule has 7 heteroatoms. The second-order valence-electron chi connectivity index (χ2n) is 6.70. The van der Waals surface area contributed by atoms with Crippen LogP contribution in [-0.2, 0) is 9.59 Å². The number of nitrogens with one attached hydrogen (secondary N) is 1. The van der Waals surface area contributed by atoms with Gasteiger partial charge in [0.1, 0.15) is 6.54 Å². The van der Waals surface area contributed by atoms with Crippen LogP contribution in [0.2, 0.25) is 0 Å². The van der Waals surface area contributed by atoms with Gasteiger partial charge in [0, 0.05) is 18.5 Å². The van der Waals surface area contributed by atoms with Crippen LogP contribution in [0.4, 0.5) is 4.79 Å². The Morgan fingerprint density at radius 3 is 2.70 bits per heavy atom. The van der Waals surface area contributed by atoms with E-state index >= 15 is 0 Å². The minimum Gasteiger partial charge on any atom is -0.396 e. The number of nitrogens with zero attached hydrogens (tertiary/aromatic N) is 2. The molecule has 2 N–H and O–H groups in total. The van der Waals surface area contributed by atoms with E-state index in [1.165, 1.54) is 5.57 Å². The summed E-state index contributed by atoms with van der Waals surface area (Å²) in [6.45, 7) is 4.81. The quantitative estimate of drug-likeness (QED) is 0.569. The van der Waals surface area contributed by atoms with Crippen molar-refractivity contribution in [1.82, 2.24) is 15.1 Å². The molecule has 2 fully saturated rings. The molecule has 2 aliphatic rings. The number of carbonyl (C=O) groups is 3. The molecular formula is C16H25N3O4. The topological polar surface area (TPSA) is 89.9 Å². The zero-order chi connectivity index (χ0) is 17.0. The highest BCUT2D eigenvalue weighted by Crippen LogP contribution is 2.34.